The summed E-state index contributed by atoms with van der Waals surface area (Å²) in [7, 11) is 1.58. The van der Waals surface area contributed by atoms with Crippen molar-refractivity contribution in [3.63, 3.8) is 0 Å². The summed E-state index contributed by atoms with van der Waals surface area (Å²) >= 11 is 0. The van der Waals surface area contributed by atoms with Gasteiger partial charge in [0.05, 0.1) is 0 Å². The summed E-state index contributed by atoms with van der Waals surface area (Å²) in [5.74, 6) is -0.0460. The molecule has 1 N–H and O–H groups in total. The van der Waals surface area contributed by atoms with Crippen LogP contribution in [0.15, 0.2) is 6.07 Å². The second kappa shape index (κ2) is 7.13. The van der Waals surface area contributed by atoms with Gasteiger partial charge in [0.2, 0.25) is 5.91 Å². The molecule has 0 atom stereocenters. The number of carbonyl (C=O) groups excluding carboxylic acids is 1. The number of hydrogen-bond donors (Lipinski definition) is 1. The Morgan fingerprint density at radius 1 is 1.50 bits per heavy atom. The van der Waals surface area contributed by atoms with E-state index in [0.29, 0.717) is 25.3 Å². The average molecular weight is 319 g/mol. The highest BCUT2D eigenvalue weighted by molar-refractivity contribution is 5.75. The average Bonchev–Trinajstić information content (AvgIpc) is 3.20. The van der Waals surface area contributed by atoms with Crippen molar-refractivity contribution in [1.82, 2.24) is 15.1 Å². The number of halogens is 3. The predicted octanol–water partition coefficient (Wildman–Crippen LogP) is 2.32. The number of aryl methyl sites for hydroxylation is 1. The van der Waals surface area contributed by atoms with E-state index in [0.717, 1.165) is 18.9 Å². The third-order valence-electron chi connectivity index (χ3n) is 3.50. The van der Waals surface area contributed by atoms with Gasteiger partial charge < -0.3 is 10.1 Å². The van der Waals surface area contributed by atoms with E-state index in [9.17, 15) is 18.0 Å². The van der Waals surface area contributed by atoms with Crippen molar-refractivity contribution in [2.75, 3.05) is 20.3 Å². The summed E-state index contributed by atoms with van der Waals surface area (Å²) in [5.41, 5.74) is -0.297. The summed E-state index contributed by atoms with van der Waals surface area (Å²) in [6.07, 6.45) is -1.86. The van der Waals surface area contributed by atoms with Gasteiger partial charge in [-0.15, -0.1) is 0 Å². The van der Waals surface area contributed by atoms with Crippen LogP contribution < -0.4 is 5.32 Å². The van der Waals surface area contributed by atoms with Gasteiger partial charge in [0.1, 0.15) is 0 Å². The number of rotatable bonds is 8. The molecule has 0 aliphatic heterocycles. The van der Waals surface area contributed by atoms with Gasteiger partial charge in [-0.25, -0.2) is 0 Å². The number of methoxy groups -OCH3 is 1. The monoisotopic (exact) mass is 319 g/mol. The summed E-state index contributed by atoms with van der Waals surface area (Å²) < 4.78 is 44.4. The number of aromatic nitrogens is 2. The minimum absolute atomic E-state index is 0.117. The van der Waals surface area contributed by atoms with E-state index in [1.54, 1.807) is 7.11 Å². The highest BCUT2D eigenvalue weighted by atomic mass is 19.4. The summed E-state index contributed by atoms with van der Waals surface area (Å²) in [4.78, 5) is 11.7. The summed E-state index contributed by atoms with van der Waals surface area (Å²) in [5, 5.41) is 6.32. The maximum Gasteiger partial charge on any atom is 0.435 e. The number of carbonyl (C=O) groups is 1. The van der Waals surface area contributed by atoms with Gasteiger partial charge in [0.25, 0.3) is 0 Å². The van der Waals surface area contributed by atoms with E-state index in [4.69, 9.17) is 4.74 Å². The van der Waals surface area contributed by atoms with E-state index in [1.807, 2.05) is 0 Å². The zero-order valence-corrected chi connectivity index (χ0v) is 12.4. The van der Waals surface area contributed by atoms with E-state index in [1.165, 1.54) is 4.68 Å². The standard InChI is InChI=1S/C14H20F3N3O2/c1-22-8-2-6-18-13(21)5-7-20-11(10-3-4-10)9-12(19-20)14(15,16)17/h9-10H,2-8H2,1H3,(H,18,21). The zero-order chi connectivity index (χ0) is 16.2. The first-order valence-electron chi connectivity index (χ1n) is 7.32. The van der Waals surface area contributed by atoms with Crippen LogP contribution in [0.1, 0.15) is 43.0 Å². The Bertz CT molecular complexity index is 510. The maximum absolute atomic E-state index is 12.7. The molecule has 1 amide bonds. The highest BCUT2D eigenvalue weighted by Gasteiger charge is 2.37. The molecule has 0 saturated heterocycles. The number of ether oxygens (including phenoxy) is 1. The molecular weight excluding hydrogens is 299 g/mol. The molecule has 1 aliphatic carbocycles. The fourth-order valence-electron chi connectivity index (χ4n) is 2.20. The van der Waals surface area contributed by atoms with Crippen LogP contribution in [-0.4, -0.2) is 35.9 Å². The van der Waals surface area contributed by atoms with Gasteiger partial charge in [-0.1, -0.05) is 0 Å². The number of alkyl halides is 3. The molecule has 1 heterocycles. The van der Waals surface area contributed by atoms with Crippen molar-refractivity contribution < 1.29 is 22.7 Å². The molecule has 0 aromatic carbocycles. The van der Waals surface area contributed by atoms with Gasteiger partial charge >= 0.3 is 6.18 Å². The Hall–Kier alpha value is -1.57. The SMILES string of the molecule is COCCCNC(=O)CCn1nc(C(F)(F)F)cc1C1CC1. The van der Waals surface area contributed by atoms with Crippen LogP contribution >= 0.6 is 0 Å². The van der Waals surface area contributed by atoms with Crippen LogP contribution in [0.25, 0.3) is 0 Å². The third kappa shape index (κ3) is 4.72. The molecule has 8 heteroatoms. The van der Waals surface area contributed by atoms with E-state index in [-0.39, 0.29) is 24.8 Å². The first-order valence-corrected chi connectivity index (χ1v) is 7.32. The lowest BCUT2D eigenvalue weighted by Crippen LogP contribution is -2.26. The van der Waals surface area contributed by atoms with Crippen molar-refractivity contribution >= 4 is 5.91 Å². The largest absolute Gasteiger partial charge is 0.435 e. The smallest absolute Gasteiger partial charge is 0.385 e. The van der Waals surface area contributed by atoms with Crippen molar-refractivity contribution in [2.45, 2.75) is 44.3 Å². The van der Waals surface area contributed by atoms with E-state index in [2.05, 4.69) is 10.4 Å². The Morgan fingerprint density at radius 2 is 2.23 bits per heavy atom. The molecule has 2 rings (SSSR count). The Labute approximate surface area is 126 Å². The highest BCUT2D eigenvalue weighted by Crippen LogP contribution is 2.42. The molecule has 1 aromatic rings. The number of hydrogen-bond acceptors (Lipinski definition) is 3. The van der Waals surface area contributed by atoms with Crippen LogP contribution in [0.2, 0.25) is 0 Å². The first-order chi connectivity index (χ1) is 10.4. The Kier molecular flexibility index (Phi) is 5.44. The minimum atomic E-state index is -4.45. The quantitative estimate of drug-likeness (QED) is 0.748. The molecule has 1 aromatic heterocycles. The van der Waals surface area contributed by atoms with Gasteiger partial charge in [-0.05, 0) is 25.3 Å². The second-order valence-electron chi connectivity index (χ2n) is 5.40. The number of nitrogens with zero attached hydrogens (tertiary/aromatic N) is 2. The maximum atomic E-state index is 12.7. The fraction of sp³-hybridized carbons (Fsp3) is 0.714. The topological polar surface area (TPSA) is 56.1 Å². The summed E-state index contributed by atoms with van der Waals surface area (Å²) in [6, 6.07) is 1.11. The van der Waals surface area contributed by atoms with Crippen molar-refractivity contribution in [2.24, 2.45) is 0 Å². The lowest BCUT2D eigenvalue weighted by molar-refractivity contribution is -0.141. The summed E-state index contributed by atoms with van der Waals surface area (Å²) in [6.45, 7) is 1.22. The molecular formula is C14H20F3N3O2. The van der Waals surface area contributed by atoms with Crippen molar-refractivity contribution in [3.8, 4) is 0 Å². The lowest BCUT2D eigenvalue weighted by Gasteiger charge is -2.07. The minimum Gasteiger partial charge on any atom is -0.385 e. The molecule has 0 unspecified atom stereocenters. The Balaban J connectivity index is 1.89. The molecule has 1 saturated carbocycles. The zero-order valence-electron chi connectivity index (χ0n) is 12.4. The second-order valence-corrected chi connectivity index (χ2v) is 5.40. The number of amides is 1. The first kappa shape index (κ1) is 16.8. The molecule has 0 spiro atoms. The normalized spacial score (nSPS) is 15.1. The molecule has 5 nitrogen and oxygen atoms in total. The Morgan fingerprint density at radius 3 is 2.82 bits per heavy atom. The van der Waals surface area contributed by atoms with Gasteiger partial charge in [-0.3, -0.25) is 9.48 Å². The van der Waals surface area contributed by atoms with Crippen LogP contribution in [0.3, 0.4) is 0 Å². The van der Waals surface area contributed by atoms with Gasteiger partial charge in [0, 0.05) is 44.8 Å². The van der Waals surface area contributed by atoms with Crippen LogP contribution in [0.4, 0.5) is 13.2 Å². The van der Waals surface area contributed by atoms with Gasteiger partial charge in [-0.2, -0.15) is 18.3 Å². The fourth-order valence-corrected chi connectivity index (χ4v) is 2.20. The molecule has 1 fully saturated rings. The molecule has 1 aliphatic rings. The van der Waals surface area contributed by atoms with Crippen molar-refractivity contribution in [1.29, 1.82) is 0 Å². The molecule has 0 bridgehead atoms. The van der Waals surface area contributed by atoms with Gasteiger partial charge in [0.15, 0.2) is 5.69 Å². The third-order valence-corrected chi connectivity index (χ3v) is 3.50. The van der Waals surface area contributed by atoms with Crippen LogP contribution in [0, 0.1) is 0 Å². The number of nitrogens with one attached hydrogen (secondary N) is 1. The molecule has 22 heavy (non-hydrogen) atoms. The molecule has 0 radical (unpaired) electrons. The molecule has 124 valence electrons. The van der Waals surface area contributed by atoms with Crippen LogP contribution in [-0.2, 0) is 22.3 Å². The van der Waals surface area contributed by atoms with E-state index < -0.39 is 11.9 Å². The van der Waals surface area contributed by atoms with Crippen molar-refractivity contribution in [3.05, 3.63) is 17.5 Å². The lowest BCUT2D eigenvalue weighted by atomic mass is 10.2. The van der Waals surface area contributed by atoms with Crippen LogP contribution in [0.5, 0.6) is 0 Å². The van der Waals surface area contributed by atoms with E-state index >= 15 is 0 Å². The predicted molar refractivity (Wildman–Crippen MR) is 73.3 cm³/mol.